The van der Waals surface area contributed by atoms with Crippen LogP contribution in [0.5, 0.6) is 0 Å². The summed E-state index contributed by atoms with van der Waals surface area (Å²) < 4.78 is 7.27. The van der Waals surface area contributed by atoms with E-state index in [1.807, 2.05) is 30.9 Å². The summed E-state index contributed by atoms with van der Waals surface area (Å²) in [6, 6.07) is 0.284. The number of fused-ring (bicyclic) bond motifs is 4. The van der Waals surface area contributed by atoms with Crippen LogP contribution in [0.15, 0.2) is 12.4 Å². The highest BCUT2D eigenvalue weighted by molar-refractivity contribution is 5.96. The van der Waals surface area contributed by atoms with Crippen LogP contribution in [0.1, 0.15) is 53.1 Å². The van der Waals surface area contributed by atoms with Crippen molar-refractivity contribution in [2.75, 3.05) is 31.2 Å². The smallest absolute Gasteiger partial charge is 0.258 e. The standard InChI is InChI=1S/C20H26N6O2/c1-3-25-12-16(13(2)23-25)19(27)26-14-4-5-18(26)15-11-21-20(22-17(15)10-14)24-6-8-28-9-7-24/h11-12,14,18H,3-10H2,1-2H3/t14-,18-/m0/s1. The molecule has 0 unspecified atom stereocenters. The summed E-state index contributed by atoms with van der Waals surface area (Å²) in [7, 11) is 0. The normalized spacial score (nSPS) is 23.8. The second kappa shape index (κ2) is 6.84. The first kappa shape index (κ1) is 17.6. The number of aromatic nitrogens is 4. The van der Waals surface area contributed by atoms with Gasteiger partial charge in [-0.3, -0.25) is 9.48 Å². The van der Waals surface area contributed by atoms with E-state index in [-0.39, 0.29) is 18.0 Å². The highest BCUT2D eigenvalue weighted by Crippen LogP contribution is 2.44. The molecule has 0 radical (unpaired) electrons. The molecule has 5 heterocycles. The first-order valence-corrected chi connectivity index (χ1v) is 10.2. The van der Waals surface area contributed by atoms with Crippen LogP contribution in [0, 0.1) is 6.92 Å². The van der Waals surface area contributed by atoms with Crippen LogP contribution < -0.4 is 4.90 Å². The summed E-state index contributed by atoms with van der Waals surface area (Å²) in [6.45, 7) is 7.81. The van der Waals surface area contributed by atoms with Crippen molar-refractivity contribution in [3.63, 3.8) is 0 Å². The maximum absolute atomic E-state index is 13.3. The third-order valence-corrected chi connectivity index (χ3v) is 6.21. The third-order valence-electron chi connectivity index (χ3n) is 6.21. The Morgan fingerprint density at radius 2 is 2.11 bits per heavy atom. The van der Waals surface area contributed by atoms with E-state index in [1.54, 1.807) is 0 Å². The van der Waals surface area contributed by atoms with Crippen molar-refractivity contribution in [2.45, 2.75) is 51.7 Å². The van der Waals surface area contributed by atoms with Crippen molar-refractivity contribution < 1.29 is 9.53 Å². The zero-order valence-electron chi connectivity index (χ0n) is 16.5. The molecule has 148 valence electrons. The van der Waals surface area contributed by atoms with Gasteiger partial charge in [0.25, 0.3) is 5.91 Å². The van der Waals surface area contributed by atoms with Crippen molar-refractivity contribution in [2.24, 2.45) is 0 Å². The minimum atomic E-state index is 0.0735. The lowest BCUT2D eigenvalue weighted by Gasteiger charge is -2.36. The van der Waals surface area contributed by atoms with Gasteiger partial charge >= 0.3 is 0 Å². The van der Waals surface area contributed by atoms with Gasteiger partial charge in [-0.15, -0.1) is 0 Å². The van der Waals surface area contributed by atoms with Crippen molar-refractivity contribution in [3.05, 3.63) is 34.9 Å². The van der Waals surface area contributed by atoms with E-state index in [0.29, 0.717) is 5.56 Å². The Labute approximate surface area is 164 Å². The zero-order chi connectivity index (χ0) is 19.3. The molecule has 0 spiro atoms. The second-order valence-electron chi connectivity index (χ2n) is 7.82. The molecule has 2 saturated heterocycles. The summed E-state index contributed by atoms with van der Waals surface area (Å²) in [5.41, 5.74) is 3.73. The number of carbonyl (C=O) groups is 1. The van der Waals surface area contributed by atoms with Crippen molar-refractivity contribution in [1.82, 2.24) is 24.6 Å². The van der Waals surface area contributed by atoms with E-state index < -0.39 is 0 Å². The minimum absolute atomic E-state index is 0.0735. The predicted octanol–water partition coefficient (Wildman–Crippen LogP) is 1.74. The molecule has 0 aromatic carbocycles. The summed E-state index contributed by atoms with van der Waals surface area (Å²) in [4.78, 5) is 27.1. The van der Waals surface area contributed by atoms with E-state index in [1.165, 1.54) is 0 Å². The van der Waals surface area contributed by atoms with Crippen LogP contribution >= 0.6 is 0 Å². The zero-order valence-corrected chi connectivity index (χ0v) is 16.5. The number of nitrogens with zero attached hydrogens (tertiary/aromatic N) is 6. The number of aryl methyl sites for hydroxylation is 2. The maximum atomic E-state index is 13.3. The molecule has 2 bridgehead atoms. The first-order valence-electron chi connectivity index (χ1n) is 10.2. The van der Waals surface area contributed by atoms with Crippen LogP contribution in [0.3, 0.4) is 0 Å². The maximum Gasteiger partial charge on any atom is 0.258 e. The number of anilines is 1. The average molecular weight is 382 g/mol. The van der Waals surface area contributed by atoms with E-state index >= 15 is 0 Å². The fourth-order valence-corrected chi connectivity index (χ4v) is 4.72. The molecule has 2 aromatic heterocycles. The van der Waals surface area contributed by atoms with Gasteiger partial charge in [0.05, 0.1) is 36.2 Å². The SMILES string of the molecule is CCn1cc(C(=O)N2[C@H]3CC[C@H]2c2cnc(N4CCOCC4)nc2C3)c(C)n1. The summed E-state index contributed by atoms with van der Waals surface area (Å²) in [5, 5.41) is 4.45. The van der Waals surface area contributed by atoms with Gasteiger partial charge < -0.3 is 14.5 Å². The first-order chi connectivity index (χ1) is 13.7. The van der Waals surface area contributed by atoms with Gasteiger partial charge in [-0.2, -0.15) is 5.10 Å². The molecule has 2 aromatic rings. The number of amides is 1. The molecule has 8 nitrogen and oxygen atoms in total. The van der Waals surface area contributed by atoms with Gasteiger partial charge in [0.15, 0.2) is 0 Å². The van der Waals surface area contributed by atoms with Gasteiger partial charge in [0, 0.05) is 50.1 Å². The van der Waals surface area contributed by atoms with Gasteiger partial charge in [-0.05, 0) is 26.7 Å². The largest absolute Gasteiger partial charge is 0.378 e. The van der Waals surface area contributed by atoms with E-state index in [2.05, 4.69) is 19.9 Å². The number of rotatable bonds is 3. The molecule has 28 heavy (non-hydrogen) atoms. The Bertz CT molecular complexity index is 904. The number of hydrogen-bond donors (Lipinski definition) is 0. The van der Waals surface area contributed by atoms with Crippen LogP contribution in [0.4, 0.5) is 5.95 Å². The fourth-order valence-electron chi connectivity index (χ4n) is 4.72. The van der Waals surface area contributed by atoms with Gasteiger partial charge in [0.1, 0.15) is 0 Å². The third kappa shape index (κ3) is 2.78. The van der Waals surface area contributed by atoms with Gasteiger partial charge in [-0.1, -0.05) is 0 Å². The molecule has 0 saturated carbocycles. The number of morpholine rings is 1. The molecule has 0 N–H and O–H groups in total. The molecule has 3 aliphatic rings. The predicted molar refractivity (Wildman–Crippen MR) is 103 cm³/mol. The van der Waals surface area contributed by atoms with Crippen LogP contribution in [0.25, 0.3) is 0 Å². The quantitative estimate of drug-likeness (QED) is 0.805. The van der Waals surface area contributed by atoms with Gasteiger partial charge in [-0.25, -0.2) is 9.97 Å². The van der Waals surface area contributed by atoms with Crippen LogP contribution in [0.2, 0.25) is 0 Å². The number of ether oxygens (including phenoxy) is 1. The fraction of sp³-hybridized carbons (Fsp3) is 0.600. The number of hydrogen-bond acceptors (Lipinski definition) is 6. The molecular weight excluding hydrogens is 356 g/mol. The highest BCUT2D eigenvalue weighted by atomic mass is 16.5. The molecule has 3 aliphatic heterocycles. The summed E-state index contributed by atoms with van der Waals surface area (Å²) >= 11 is 0. The molecule has 5 rings (SSSR count). The summed E-state index contributed by atoms with van der Waals surface area (Å²) in [5.74, 6) is 0.883. The monoisotopic (exact) mass is 382 g/mol. The second-order valence-corrected chi connectivity index (χ2v) is 7.82. The Morgan fingerprint density at radius 1 is 1.29 bits per heavy atom. The topological polar surface area (TPSA) is 76.4 Å². The lowest BCUT2D eigenvalue weighted by Crippen LogP contribution is -2.43. The van der Waals surface area contributed by atoms with Crippen molar-refractivity contribution in [3.8, 4) is 0 Å². The van der Waals surface area contributed by atoms with E-state index in [9.17, 15) is 4.79 Å². The molecule has 0 aliphatic carbocycles. The molecule has 8 heteroatoms. The van der Waals surface area contributed by atoms with E-state index in [0.717, 1.165) is 75.0 Å². The van der Waals surface area contributed by atoms with Crippen LogP contribution in [-0.4, -0.2) is 62.9 Å². The lowest BCUT2D eigenvalue weighted by molar-refractivity contribution is 0.0643. The van der Waals surface area contributed by atoms with Crippen molar-refractivity contribution >= 4 is 11.9 Å². The molecule has 2 atom stereocenters. The number of carbonyl (C=O) groups excluding carboxylic acids is 1. The Morgan fingerprint density at radius 3 is 2.86 bits per heavy atom. The lowest BCUT2D eigenvalue weighted by atomic mass is 9.98. The van der Waals surface area contributed by atoms with E-state index in [4.69, 9.17) is 9.72 Å². The Hall–Kier alpha value is -2.48. The van der Waals surface area contributed by atoms with Gasteiger partial charge in [0.2, 0.25) is 5.95 Å². The Kier molecular flexibility index (Phi) is 4.30. The van der Waals surface area contributed by atoms with Crippen LogP contribution in [-0.2, 0) is 17.7 Å². The Balaban J connectivity index is 1.44. The molecular formula is C20H26N6O2. The average Bonchev–Trinajstić information content (AvgIpc) is 3.26. The molecule has 1 amide bonds. The summed E-state index contributed by atoms with van der Waals surface area (Å²) in [6.07, 6.45) is 6.62. The molecule has 2 fully saturated rings. The highest BCUT2D eigenvalue weighted by Gasteiger charge is 2.44. The van der Waals surface area contributed by atoms with Crippen molar-refractivity contribution in [1.29, 1.82) is 0 Å². The minimum Gasteiger partial charge on any atom is -0.378 e.